The molecule has 8 heteroatoms. The predicted molar refractivity (Wildman–Crippen MR) is 101 cm³/mol. The Bertz CT molecular complexity index is 964. The average Bonchev–Trinajstić information content (AvgIpc) is 3.10. The van der Waals surface area contributed by atoms with Crippen molar-refractivity contribution >= 4 is 6.09 Å². The first-order valence-corrected chi connectivity index (χ1v) is 8.77. The molecule has 0 fully saturated rings. The summed E-state index contributed by atoms with van der Waals surface area (Å²) in [6.07, 6.45) is 1.04. The smallest absolute Gasteiger partial charge is 0.408 e. The van der Waals surface area contributed by atoms with Crippen molar-refractivity contribution in [2.75, 3.05) is 0 Å². The molecule has 3 aromatic rings. The van der Waals surface area contributed by atoms with Gasteiger partial charge in [0.05, 0.1) is 0 Å². The van der Waals surface area contributed by atoms with Gasteiger partial charge < -0.3 is 14.6 Å². The minimum Gasteiger partial charge on any atom is -0.444 e. The molecule has 0 radical (unpaired) electrons. The third-order valence-corrected chi connectivity index (χ3v) is 3.70. The van der Waals surface area contributed by atoms with Crippen molar-refractivity contribution in [2.45, 2.75) is 39.3 Å². The van der Waals surface area contributed by atoms with Gasteiger partial charge in [-0.05, 0) is 51.5 Å². The summed E-state index contributed by atoms with van der Waals surface area (Å²) >= 11 is 0. The molecule has 1 unspecified atom stereocenters. The van der Waals surface area contributed by atoms with Gasteiger partial charge in [-0.3, -0.25) is 4.98 Å². The molecule has 0 aliphatic carbocycles. The van der Waals surface area contributed by atoms with E-state index in [1.807, 2.05) is 0 Å². The largest absolute Gasteiger partial charge is 0.444 e. The van der Waals surface area contributed by atoms with E-state index in [0.717, 1.165) is 11.1 Å². The van der Waals surface area contributed by atoms with E-state index in [0.29, 0.717) is 11.5 Å². The number of aromatic nitrogens is 3. The van der Waals surface area contributed by atoms with Crippen molar-refractivity contribution in [3.05, 3.63) is 54.3 Å². The molecule has 0 aliphatic heterocycles. The molecule has 0 aliphatic rings. The van der Waals surface area contributed by atoms with Crippen molar-refractivity contribution in [3.63, 3.8) is 0 Å². The highest BCUT2D eigenvalue weighted by molar-refractivity contribution is 5.68. The maximum Gasteiger partial charge on any atom is 0.408 e. The molecule has 1 amide bonds. The van der Waals surface area contributed by atoms with Gasteiger partial charge in [0.25, 0.3) is 0 Å². The summed E-state index contributed by atoms with van der Waals surface area (Å²) in [5.74, 6) is 0.214. The number of carbonyl (C=O) groups is 1. The molecule has 146 valence electrons. The highest BCUT2D eigenvalue weighted by Crippen LogP contribution is 2.23. The van der Waals surface area contributed by atoms with Gasteiger partial charge >= 0.3 is 6.09 Å². The number of carbonyl (C=O) groups excluding carboxylic acids is 1. The van der Waals surface area contributed by atoms with Crippen molar-refractivity contribution in [2.24, 2.45) is 0 Å². The Balaban J connectivity index is 1.70. The van der Waals surface area contributed by atoms with Crippen LogP contribution in [0, 0.1) is 5.82 Å². The Hall–Kier alpha value is -3.29. The second kappa shape index (κ2) is 7.75. The van der Waals surface area contributed by atoms with E-state index in [1.165, 1.54) is 12.1 Å². The predicted octanol–water partition coefficient (Wildman–Crippen LogP) is 4.52. The van der Waals surface area contributed by atoms with Crippen LogP contribution in [0.4, 0.5) is 9.18 Å². The molecule has 0 spiro atoms. The highest BCUT2D eigenvalue weighted by atomic mass is 19.1. The molecule has 1 N–H and O–H groups in total. The Kier molecular flexibility index (Phi) is 5.39. The summed E-state index contributed by atoms with van der Waals surface area (Å²) in [6, 6.07) is 9.27. The van der Waals surface area contributed by atoms with Crippen LogP contribution in [-0.4, -0.2) is 26.8 Å². The minimum absolute atomic E-state index is 0.233. The fraction of sp³-hybridized carbons (Fsp3) is 0.300. The van der Waals surface area contributed by atoms with E-state index >= 15 is 0 Å². The van der Waals surface area contributed by atoms with Crippen molar-refractivity contribution < 1.29 is 18.4 Å². The normalized spacial score (nSPS) is 12.5. The first-order valence-electron chi connectivity index (χ1n) is 8.77. The van der Waals surface area contributed by atoms with Crippen LogP contribution in [0.3, 0.4) is 0 Å². The zero-order valence-corrected chi connectivity index (χ0v) is 16.1. The van der Waals surface area contributed by atoms with Crippen molar-refractivity contribution in [1.82, 2.24) is 20.4 Å². The number of nitrogens with zero attached hydrogens (tertiary/aromatic N) is 3. The zero-order chi connectivity index (χ0) is 20.3. The Labute approximate surface area is 161 Å². The summed E-state index contributed by atoms with van der Waals surface area (Å²) in [5, 5.41) is 6.55. The molecule has 3 rings (SSSR count). The van der Waals surface area contributed by atoms with E-state index in [9.17, 15) is 9.18 Å². The lowest BCUT2D eigenvalue weighted by atomic mass is 10.1. The van der Waals surface area contributed by atoms with Crippen LogP contribution in [-0.2, 0) is 4.74 Å². The molecule has 1 aromatic carbocycles. The third kappa shape index (κ3) is 4.91. The first kappa shape index (κ1) is 19.5. The lowest BCUT2D eigenvalue weighted by Gasteiger charge is -2.20. The molecule has 1 atom stereocenters. The second-order valence-corrected chi connectivity index (χ2v) is 7.27. The summed E-state index contributed by atoms with van der Waals surface area (Å²) in [4.78, 5) is 20.4. The van der Waals surface area contributed by atoms with Crippen LogP contribution < -0.4 is 5.32 Å². The lowest BCUT2D eigenvalue weighted by molar-refractivity contribution is 0.0499. The number of hydrogen-bond donors (Lipinski definition) is 1. The first-order chi connectivity index (χ1) is 13.2. The Morgan fingerprint density at radius 3 is 2.64 bits per heavy atom. The van der Waals surface area contributed by atoms with Gasteiger partial charge in [0.1, 0.15) is 23.2 Å². The van der Waals surface area contributed by atoms with Crippen LogP contribution in [0.2, 0.25) is 0 Å². The van der Waals surface area contributed by atoms with Gasteiger partial charge in [-0.2, -0.15) is 4.98 Å². The fourth-order valence-electron chi connectivity index (χ4n) is 2.43. The van der Waals surface area contributed by atoms with Gasteiger partial charge in [0, 0.05) is 11.8 Å². The average molecular weight is 384 g/mol. The number of rotatable bonds is 4. The molecule has 2 aromatic heterocycles. The van der Waals surface area contributed by atoms with Crippen molar-refractivity contribution in [1.29, 1.82) is 0 Å². The van der Waals surface area contributed by atoms with Gasteiger partial charge in [-0.25, -0.2) is 9.18 Å². The monoisotopic (exact) mass is 384 g/mol. The van der Waals surface area contributed by atoms with Gasteiger partial charge in [0.2, 0.25) is 11.7 Å². The van der Waals surface area contributed by atoms with E-state index < -0.39 is 17.7 Å². The minimum atomic E-state index is -0.600. The van der Waals surface area contributed by atoms with E-state index in [1.54, 1.807) is 58.2 Å². The maximum absolute atomic E-state index is 13.4. The molecule has 7 nitrogen and oxygen atoms in total. The number of alkyl carbamates (subject to hydrolysis) is 1. The van der Waals surface area contributed by atoms with Crippen LogP contribution >= 0.6 is 0 Å². The summed E-state index contributed by atoms with van der Waals surface area (Å²) in [5.41, 5.74) is 1.39. The number of pyridine rings is 1. The Morgan fingerprint density at radius 1 is 1.21 bits per heavy atom. The number of halogens is 1. The topological polar surface area (TPSA) is 90.1 Å². The zero-order valence-electron chi connectivity index (χ0n) is 16.1. The van der Waals surface area contributed by atoms with Crippen molar-refractivity contribution in [3.8, 4) is 22.6 Å². The fourth-order valence-corrected chi connectivity index (χ4v) is 2.43. The second-order valence-electron chi connectivity index (χ2n) is 7.27. The number of hydrogen-bond acceptors (Lipinski definition) is 6. The number of amides is 1. The molecule has 0 bridgehead atoms. The molecular formula is C20H21FN4O3. The van der Waals surface area contributed by atoms with Gasteiger partial charge in [0.15, 0.2) is 0 Å². The van der Waals surface area contributed by atoms with E-state index in [-0.39, 0.29) is 11.7 Å². The van der Waals surface area contributed by atoms with E-state index in [2.05, 4.69) is 20.4 Å². The van der Waals surface area contributed by atoms with Crippen LogP contribution in [0.15, 0.2) is 47.1 Å². The van der Waals surface area contributed by atoms with E-state index in [4.69, 9.17) is 9.26 Å². The molecule has 0 saturated heterocycles. The number of nitrogens with one attached hydrogen (secondary N) is 1. The Morgan fingerprint density at radius 2 is 2.00 bits per heavy atom. The molecule has 28 heavy (non-hydrogen) atoms. The third-order valence-electron chi connectivity index (χ3n) is 3.70. The lowest BCUT2D eigenvalue weighted by Crippen LogP contribution is -2.34. The summed E-state index contributed by atoms with van der Waals surface area (Å²) < 4.78 is 23.8. The SMILES string of the molecule is CC(NC(=O)OC(C)(C)C)c1nc(-c2ccc(-c3cccc(F)c3)cn2)no1. The molecular weight excluding hydrogens is 363 g/mol. The molecule has 0 saturated carbocycles. The quantitative estimate of drug-likeness (QED) is 0.711. The van der Waals surface area contributed by atoms with Crippen LogP contribution in [0.5, 0.6) is 0 Å². The maximum atomic E-state index is 13.4. The van der Waals surface area contributed by atoms with Gasteiger partial charge in [-0.15, -0.1) is 0 Å². The van der Waals surface area contributed by atoms with Crippen LogP contribution in [0.1, 0.15) is 39.6 Å². The number of ether oxygens (including phenoxy) is 1. The number of benzene rings is 1. The van der Waals surface area contributed by atoms with Crippen LogP contribution in [0.25, 0.3) is 22.6 Å². The summed E-state index contributed by atoms with van der Waals surface area (Å²) in [6.45, 7) is 7.05. The summed E-state index contributed by atoms with van der Waals surface area (Å²) in [7, 11) is 0. The van der Waals surface area contributed by atoms with Gasteiger partial charge in [-0.1, -0.05) is 23.4 Å². The standard InChI is InChI=1S/C20H21FN4O3/c1-12(23-19(26)27-20(2,3)4)18-24-17(25-28-18)16-9-8-14(11-22-16)13-6-5-7-15(21)10-13/h5-12H,1-4H3,(H,23,26). The highest BCUT2D eigenvalue weighted by Gasteiger charge is 2.22. The molecule has 2 heterocycles.